The van der Waals surface area contributed by atoms with Crippen molar-refractivity contribution >= 4 is 17.5 Å². The Hall–Kier alpha value is -4.00. The van der Waals surface area contributed by atoms with Gasteiger partial charge in [0.25, 0.3) is 0 Å². The Balaban J connectivity index is 1.66. The number of rotatable bonds is 2. The topological polar surface area (TPSA) is 182 Å². The molecule has 35 heavy (non-hydrogen) atoms. The highest BCUT2D eigenvalue weighted by molar-refractivity contribution is 6.16. The summed E-state index contributed by atoms with van der Waals surface area (Å²) in [6.07, 6.45) is -1.25. The second-order valence-electron chi connectivity index (χ2n) is 9.41. The Labute approximate surface area is 199 Å². The molecule has 0 aromatic heterocycles. The minimum absolute atomic E-state index is 0.0403. The Morgan fingerprint density at radius 2 is 1.77 bits per heavy atom. The van der Waals surface area contributed by atoms with Crippen molar-refractivity contribution in [1.82, 2.24) is 0 Å². The molecule has 6 N–H and O–H groups in total. The van der Waals surface area contributed by atoms with Crippen LogP contribution in [-0.4, -0.2) is 49.6 Å². The fourth-order valence-corrected chi connectivity index (χ4v) is 5.92. The van der Waals surface area contributed by atoms with E-state index in [1.165, 1.54) is 6.07 Å². The highest BCUT2D eigenvalue weighted by Gasteiger charge is 2.62. The van der Waals surface area contributed by atoms with Crippen LogP contribution in [0.15, 0.2) is 47.7 Å². The Morgan fingerprint density at radius 1 is 1.09 bits per heavy atom. The summed E-state index contributed by atoms with van der Waals surface area (Å²) in [6, 6.07) is 11.8. The van der Waals surface area contributed by atoms with Gasteiger partial charge in [-0.15, -0.1) is 0 Å². The highest BCUT2D eigenvalue weighted by Crippen LogP contribution is 2.52. The van der Waals surface area contributed by atoms with E-state index in [0.29, 0.717) is 16.7 Å². The number of carbonyl (C=O) groups excluding carboxylic acids is 3. The van der Waals surface area contributed by atoms with Gasteiger partial charge in [-0.05, 0) is 60.1 Å². The Kier molecular flexibility index (Phi) is 5.05. The lowest BCUT2D eigenvalue weighted by atomic mass is 9.57. The number of hydrogen-bond acceptors (Lipinski definition) is 8. The van der Waals surface area contributed by atoms with Crippen molar-refractivity contribution in [1.29, 1.82) is 5.26 Å². The van der Waals surface area contributed by atoms with Crippen molar-refractivity contribution in [2.24, 2.45) is 23.5 Å². The minimum Gasteiger partial charge on any atom is -0.508 e. The molecule has 178 valence electrons. The Morgan fingerprint density at radius 3 is 2.40 bits per heavy atom. The maximum Gasteiger partial charge on any atom is 0.230 e. The van der Waals surface area contributed by atoms with Crippen LogP contribution in [0.5, 0.6) is 5.75 Å². The average molecular weight is 474 g/mol. The largest absolute Gasteiger partial charge is 0.508 e. The number of nitrogens with two attached hydrogens (primary N) is 1. The van der Waals surface area contributed by atoms with Crippen LogP contribution in [-0.2, 0) is 16.0 Å². The number of amides is 1. The maximum absolute atomic E-state index is 13.6. The van der Waals surface area contributed by atoms with Crippen LogP contribution in [0.1, 0.15) is 34.3 Å². The molecular weight excluding hydrogens is 452 g/mol. The van der Waals surface area contributed by atoms with Gasteiger partial charge in [0, 0.05) is 11.5 Å². The van der Waals surface area contributed by atoms with Gasteiger partial charge >= 0.3 is 0 Å². The number of Topliss-reactive ketones (excluding diaryl/α,β-unsaturated/α-hetero) is 2. The summed E-state index contributed by atoms with van der Waals surface area (Å²) in [5, 5.41) is 52.4. The molecule has 9 heteroatoms. The summed E-state index contributed by atoms with van der Waals surface area (Å²) in [5.41, 5.74) is 4.92. The monoisotopic (exact) mass is 474 g/mol. The van der Waals surface area contributed by atoms with E-state index in [-0.39, 0.29) is 36.1 Å². The number of ketones is 2. The van der Waals surface area contributed by atoms with Gasteiger partial charge in [0.2, 0.25) is 5.91 Å². The van der Waals surface area contributed by atoms with Gasteiger partial charge in [-0.2, -0.15) is 5.26 Å². The number of aromatic hydroxyl groups is 1. The number of phenols is 1. The zero-order valence-corrected chi connectivity index (χ0v) is 18.4. The molecule has 0 bridgehead atoms. The number of aliphatic hydroxyl groups excluding tert-OH is 2. The predicted octanol–water partition coefficient (Wildman–Crippen LogP) is 1.28. The molecule has 5 atom stereocenters. The molecule has 1 saturated carbocycles. The van der Waals surface area contributed by atoms with Crippen LogP contribution in [0.2, 0.25) is 0 Å². The maximum atomic E-state index is 13.6. The van der Waals surface area contributed by atoms with Crippen LogP contribution in [0.3, 0.4) is 0 Å². The number of allylic oxidation sites excluding steroid dienone is 1. The molecule has 3 aliphatic carbocycles. The van der Waals surface area contributed by atoms with E-state index in [4.69, 9.17) is 11.0 Å². The number of nitrogens with zero attached hydrogens (tertiary/aromatic N) is 1. The lowest BCUT2D eigenvalue weighted by molar-refractivity contribution is -0.167. The average Bonchev–Trinajstić information content (AvgIpc) is 2.81. The number of fused-ring (bicyclic) bond motifs is 3. The quantitative estimate of drug-likeness (QED) is 0.403. The lowest BCUT2D eigenvalue weighted by Gasteiger charge is -2.48. The zero-order valence-electron chi connectivity index (χ0n) is 18.4. The van der Waals surface area contributed by atoms with E-state index in [2.05, 4.69) is 0 Å². The van der Waals surface area contributed by atoms with Crippen LogP contribution < -0.4 is 5.73 Å². The number of carbonyl (C=O) groups is 3. The first-order valence-electron chi connectivity index (χ1n) is 11.2. The van der Waals surface area contributed by atoms with Crippen LogP contribution >= 0.6 is 0 Å². The third kappa shape index (κ3) is 3.11. The van der Waals surface area contributed by atoms with Gasteiger partial charge in [-0.1, -0.05) is 18.2 Å². The first kappa shape index (κ1) is 22.8. The molecule has 0 saturated heterocycles. The fraction of sp³-hybridized carbons (Fsp3) is 0.308. The summed E-state index contributed by atoms with van der Waals surface area (Å²) in [5.74, 6) is -7.37. The SMILES string of the molecule is N#Cc1ccc(-c2ccc(O)c3c2C[C@H]2C[C@H]4CC(O)C(C(N)=O)C(=O)[C@@]4(O)C(O)=C2C3=O)cc1. The number of benzene rings is 2. The molecule has 2 aromatic carbocycles. The molecule has 0 heterocycles. The van der Waals surface area contributed by atoms with Crippen molar-refractivity contribution in [3.63, 3.8) is 0 Å². The number of nitriles is 1. The summed E-state index contributed by atoms with van der Waals surface area (Å²) < 4.78 is 0. The minimum atomic E-state index is -2.53. The number of aliphatic hydroxyl groups is 3. The van der Waals surface area contributed by atoms with Gasteiger partial charge in [0.05, 0.1) is 23.3 Å². The molecule has 1 fully saturated rings. The number of primary amides is 1. The van der Waals surface area contributed by atoms with Gasteiger partial charge < -0.3 is 26.2 Å². The molecular formula is C26H22N2O7. The van der Waals surface area contributed by atoms with Gasteiger partial charge in [-0.25, -0.2) is 0 Å². The molecule has 0 aliphatic heterocycles. The standard InChI is InChI=1S/C26H22N2O7/c27-10-11-1-3-12(4-2-11)15-5-6-17(29)20-16(15)8-13-7-14-9-18(30)21(25(28)34)24(33)26(14,35)23(32)19(13)22(20)31/h1-6,13-14,18,21,29-30,32,35H,7-9H2,(H2,28,34)/t13-,14+,18?,21?,26+/m1/s1. The van der Waals surface area contributed by atoms with Gasteiger partial charge in [0.1, 0.15) is 17.4 Å². The summed E-state index contributed by atoms with van der Waals surface area (Å²) >= 11 is 0. The fourth-order valence-electron chi connectivity index (χ4n) is 5.92. The first-order valence-corrected chi connectivity index (χ1v) is 11.2. The van der Waals surface area contributed by atoms with Crippen LogP contribution in [0.25, 0.3) is 11.1 Å². The van der Waals surface area contributed by atoms with Gasteiger partial charge in [-0.3, -0.25) is 14.4 Å². The normalized spacial score (nSPS) is 29.6. The molecule has 9 nitrogen and oxygen atoms in total. The van der Waals surface area contributed by atoms with E-state index in [1.807, 2.05) is 6.07 Å². The van der Waals surface area contributed by atoms with Crippen molar-refractivity contribution in [3.05, 3.63) is 64.4 Å². The third-order valence-corrected chi connectivity index (χ3v) is 7.60. The van der Waals surface area contributed by atoms with E-state index in [1.54, 1.807) is 30.3 Å². The van der Waals surface area contributed by atoms with E-state index in [9.17, 15) is 34.8 Å². The second kappa shape index (κ2) is 7.77. The summed E-state index contributed by atoms with van der Waals surface area (Å²) in [4.78, 5) is 38.4. The number of hydrogen-bond donors (Lipinski definition) is 5. The third-order valence-electron chi connectivity index (χ3n) is 7.60. The second-order valence-corrected chi connectivity index (χ2v) is 9.41. The summed E-state index contributed by atoms with van der Waals surface area (Å²) in [6.45, 7) is 0. The molecule has 2 aromatic rings. The summed E-state index contributed by atoms with van der Waals surface area (Å²) in [7, 11) is 0. The first-order chi connectivity index (χ1) is 16.6. The highest BCUT2D eigenvalue weighted by atomic mass is 16.3. The smallest absolute Gasteiger partial charge is 0.230 e. The van der Waals surface area contributed by atoms with Crippen molar-refractivity contribution in [3.8, 4) is 22.9 Å². The van der Waals surface area contributed by atoms with Crippen molar-refractivity contribution < 1.29 is 34.8 Å². The molecule has 2 unspecified atom stereocenters. The lowest BCUT2D eigenvalue weighted by Crippen LogP contribution is -2.63. The van der Waals surface area contributed by atoms with E-state index < -0.39 is 52.7 Å². The van der Waals surface area contributed by atoms with Crippen LogP contribution in [0.4, 0.5) is 0 Å². The van der Waals surface area contributed by atoms with E-state index >= 15 is 0 Å². The van der Waals surface area contributed by atoms with Gasteiger partial charge in [0.15, 0.2) is 17.2 Å². The zero-order chi connectivity index (χ0) is 25.2. The molecule has 5 rings (SSSR count). The number of phenolic OH excluding ortho intramolecular Hbond substituents is 1. The van der Waals surface area contributed by atoms with E-state index in [0.717, 1.165) is 5.56 Å². The molecule has 0 spiro atoms. The molecule has 3 aliphatic rings. The molecule has 0 radical (unpaired) electrons. The Bertz CT molecular complexity index is 1370. The van der Waals surface area contributed by atoms with Crippen molar-refractivity contribution in [2.75, 3.05) is 0 Å². The van der Waals surface area contributed by atoms with Crippen LogP contribution in [0, 0.1) is 29.1 Å². The predicted molar refractivity (Wildman–Crippen MR) is 121 cm³/mol. The van der Waals surface area contributed by atoms with Crippen molar-refractivity contribution in [2.45, 2.75) is 31.0 Å². The molecule has 1 amide bonds.